The zero-order valence-electron chi connectivity index (χ0n) is 14.4. The zero-order valence-corrected chi connectivity index (χ0v) is 15.2. The standard InChI is InChI=1S/C19H19FN4OS/c1-14-22-23-19(24(14)12-15-6-3-2-4-7-15)26-13-18(25)21-11-16-8-5-9-17(20)10-16/h2-10H,11-13H2,1H3,(H,21,25). The number of thioether (sulfide) groups is 1. The minimum Gasteiger partial charge on any atom is -0.351 e. The quantitative estimate of drug-likeness (QED) is 0.649. The Morgan fingerprint density at radius 2 is 1.88 bits per heavy atom. The number of aryl methyl sites for hydroxylation is 1. The highest BCUT2D eigenvalue weighted by molar-refractivity contribution is 7.99. The predicted molar refractivity (Wildman–Crippen MR) is 99.3 cm³/mol. The molecule has 2 aromatic carbocycles. The van der Waals surface area contributed by atoms with Crippen LogP contribution in [0.25, 0.3) is 0 Å². The van der Waals surface area contributed by atoms with Crippen molar-refractivity contribution < 1.29 is 9.18 Å². The maximum atomic E-state index is 13.2. The number of halogens is 1. The lowest BCUT2D eigenvalue weighted by Gasteiger charge is -2.09. The Bertz CT molecular complexity index is 882. The van der Waals surface area contributed by atoms with Crippen LogP contribution in [-0.2, 0) is 17.9 Å². The number of amides is 1. The molecule has 26 heavy (non-hydrogen) atoms. The molecule has 0 fully saturated rings. The lowest BCUT2D eigenvalue weighted by atomic mass is 10.2. The number of rotatable bonds is 7. The molecule has 3 aromatic rings. The van der Waals surface area contributed by atoms with E-state index in [1.54, 1.807) is 12.1 Å². The molecule has 5 nitrogen and oxygen atoms in total. The monoisotopic (exact) mass is 370 g/mol. The summed E-state index contributed by atoms with van der Waals surface area (Å²) in [6, 6.07) is 16.2. The largest absolute Gasteiger partial charge is 0.351 e. The molecule has 1 heterocycles. The lowest BCUT2D eigenvalue weighted by Crippen LogP contribution is -2.24. The molecule has 0 unspecified atom stereocenters. The summed E-state index contributed by atoms with van der Waals surface area (Å²) < 4.78 is 15.1. The van der Waals surface area contributed by atoms with Crippen molar-refractivity contribution in [2.24, 2.45) is 0 Å². The number of nitrogens with one attached hydrogen (secondary N) is 1. The van der Waals surface area contributed by atoms with Crippen molar-refractivity contribution in [2.45, 2.75) is 25.2 Å². The summed E-state index contributed by atoms with van der Waals surface area (Å²) in [6.07, 6.45) is 0. The van der Waals surface area contributed by atoms with Crippen molar-refractivity contribution in [3.63, 3.8) is 0 Å². The van der Waals surface area contributed by atoms with E-state index in [2.05, 4.69) is 15.5 Å². The van der Waals surface area contributed by atoms with Crippen molar-refractivity contribution in [3.05, 3.63) is 77.4 Å². The molecule has 0 saturated carbocycles. The lowest BCUT2D eigenvalue weighted by molar-refractivity contribution is -0.118. The van der Waals surface area contributed by atoms with Crippen LogP contribution in [-0.4, -0.2) is 26.4 Å². The molecule has 0 atom stereocenters. The average Bonchev–Trinajstić information content (AvgIpc) is 2.99. The van der Waals surface area contributed by atoms with Crippen molar-refractivity contribution in [2.75, 3.05) is 5.75 Å². The van der Waals surface area contributed by atoms with Gasteiger partial charge in [-0.1, -0.05) is 54.2 Å². The number of aromatic nitrogens is 3. The van der Waals surface area contributed by atoms with Gasteiger partial charge in [0.2, 0.25) is 5.91 Å². The van der Waals surface area contributed by atoms with E-state index in [1.165, 1.54) is 23.9 Å². The van der Waals surface area contributed by atoms with Crippen LogP contribution in [0.1, 0.15) is 17.0 Å². The minimum absolute atomic E-state index is 0.133. The molecule has 1 amide bonds. The van der Waals surface area contributed by atoms with Crippen LogP contribution in [0.5, 0.6) is 0 Å². The smallest absolute Gasteiger partial charge is 0.230 e. The van der Waals surface area contributed by atoms with E-state index in [1.807, 2.05) is 41.8 Å². The van der Waals surface area contributed by atoms with Gasteiger partial charge in [-0.2, -0.15) is 0 Å². The van der Waals surface area contributed by atoms with E-state index in [0.717, 1.165) is 17.0 Å². The van der Waals surface area contributed by atoms with Gasteiger partial charge in [-0.3, -0.25) is 4.79 Å². The Morgan fingerprint density at radius 3 is 2.65 bits per heavy atom. The fourth-order valence-corrected chi connectivity index (χ4v) is 3.26. The van der Waals surface area contributed by atoms with E-state index in [-0.39, 0.29) is 17.5 Å². The van der Waals surface area contributed by atoms with E-state index < -0.39 is 0 Å². The first kappa shape index (κ1) is 18.1. The Labute approximate surface area is 155 Å². The molecule has 0 bridgehead atoms. The van der Waals surface area contributed by atoms with Gasteiger partial charge in [-0.25, -0.2) is 4.39 Å². The molecule has 0 saturated heterocycles. The summed E-state index contributed by atoms with van der Waals surface area (Å²) in [7, 11) is 0. The Kier molecular flexibility index (Phi) is 6.01. The number of hydrogen-bond donors (Lipinski definition) is 1. The van der Waals surface area contributed by atoms with Crippen molar-refractivity contribution in [1.29, 1.82) is 0 Å². The number of benzene rings is 2. The van der Waals surface area contributed by atoms with Crippen LogP contribution >= 0.6 is 11.8 Å². The molecule has 0 aliphatic rings. The first-order chi connectivity index (χ1) is 12.6. The summed E-state index contributed by atoms with van der Waals surface area (Å²) in [5, 5.41) is 11.8. The maximum Gasteiger partial charge on any atom is 0.230 e. The topological polar surface area (TPSA) is 59.8 Å². The van der Waals surface area contributed by atoms with E-state index in [9.17, 15) is 9.18 Å². The van der Waals surface area contributed by atoms with Gasteiger partial charge in [-0.15, -0.1) is 10.2 Å². The zero-order chi connectivity index (χ0) is 18.4. The molecule has 1 aromatic heterocycles. The third-order valence-electron chi connectivity index (χ3n) is 3.80. The molecule has 7 heteroatoms. The van der Waals surface area contributed by atoms with Gasteiger partial charge in [0.25, 0.3) is 0 Å². The van der Waals surface area contributed by atoms with Crippen molar-refractivity contribution in [1.82, 2.24) is 20.1 Å². The molecule has 0 radical (unpaired) electrons. The molecular formula is C19H19FN4OS. The van der Waals surface area contributed by atoms with Crippen LogP contribution in [0.4, 0.5) is 4.39 Å². The Balaban J connectivity index is 1.55. The maximum absolute atomic E-state index is 13.2. The second-order valence-corrected chi connectivity index (χ2v) is 6.74. The van der Waals surface area contributed by atoms with Crippen LogP contribution < -0.4 is 5.32 Å². The number of carbonyl (C=O) groups is 1. The third-order valence-corrected chi connectivity index (χ3v) is 4.76. The van der Waals surface area contributed by atoms with Crippen LogP contribution in [0.15, 0.2) is 59.8 Å². The summed E-state index contributed by atoms with van der Waals surface area (Å²) in [5.41, 5.74) is 1.87. The number of nitrogens with zero attached hydrogens (tertiary/aromatic N) is 3. The Hall–Kier alpha value is -2.67. The normalized spacial score (nSPS) is 10.7. The number of carbonyl (C=O) groups excluding carboxylic acids is 1. The van der Waals surface area contributed by atoms with Gasteiger partial charge in [0.05, 0.1) is 12.3 Å². The summed E-state index contributed by atoms with van der Waals surface area (Å²) >= 11 is 1.34. The molecule has 1 N–H and O–H groups in total. The van der Waals surface area contributed by atoms with Crippen LogP contribution in [0, 0.1) is 12.7 Å². The first-order valence-corrected chi connectivity index (χ1v) is 9.18. The van der Waals surface area contributed by atoms with Crippen molar-refractivity contribution >= 4 is 17.7 Å². The summed E-state index contributed by atoms with van der Waals surface area (Å²) in [4.78, 5) is 12.1. The highest BCUT2D eigenvalue weighted by atomic mass is 32.2. The number of hydrogen-bond acceptors (Lipinski definition) is 4. The van der Waals surface area contributed by atoms with E-state index in [4.69, 9.17) is 0 Å². The van der Waals surface area contributed by atoms with E-state index >= 15 is 0 Å². The predicted octanol–water partition coefficient (Wildman–Crippen LogP) is 3.18. The highest BCUT2D eigenvalue weighted by Gasteiger charge is 2.12. The van der Waals surface area contributed by atoms with Gasteiger partial charge in [0.1, 0.15) is 11.6 Å². The van der Waals surface area contributed by atoms with Gasteiger partial charge in [0, 0.05) is 6.54 Å². The van der Waals surface area contributed by atoms with E-state index in [0.29, 0.717) is 18.2 Å². The summed E-state index contributed by atoms with van der Waals surface area (Å²) in [6.45, 7) is 2.85. The molecule has 0 aliphatic carbocycles. The SMILES string of the molecule is Cc1nnc(SCC(=O)NCc2cccc(F)c2)n1Cc1ccccc1. The van der Waals surface area contributed by atoms with Crippen LogP contribution in [0.3, 0.4) is 0 Å². The fourth-order valence-electron chi connectivity index (χ4n) is 2.45. The Morgan fingerprint density at radius 1 is 1.12 bits per heavy atom. The highest BCUT2D eigenvalue weighted by Crippen LogP contribution is 2.18. The average molecular weight is 370 g/mol. The second kappa shape index (κ2) is 8.62. The molecule has 0 spiro atoms. The van der Waals surface area contributed by atoms with Gasteiger partial charge in [0.15, 0.2) is 5.16 Å². The van der Waals surface area contributed by atoms with Crippen molar-refractivity contribution in [3.8, 4) is 0 Å². The summed E-state index contributed by atoms with van der Waals surface area (Å²) in [5.74, 6) is 0.584. The molecule has 3 rings (SSSR count). The second-order valence-electron chi connectivity index (χ2n) is 5.80. The van der Waals surface area contributed by atoms with Gasteiger partial charge >= 0.3 is 0 Å². The minimum atomic E-state index is -0.310. The van der Waals surface area contributed by atoms with Gasteiger partial charge in [-0.05, 0) is 30.2 Å². The first-order valence-electron chi connectivity index (χ1n) is 8.19. The molecular weight excluding hydrogens is 351 g/mol. The van der Waals surface area contributed by atoms with Gasteiger partial charge < -0.3 is 9.88 Å². The third kappa shape index (κ3) is 4.92. The molecule has 0 aliphatic heterocycles. The van der Waals surface area contributed by atoms with Crippen LogP contribution in [0.2, 0.25) is 0 Å². The fraction of sp³-hybridized carbons (Fsp3) is 0.211. The molecule has 134 valence electrons.